The molecule has 0 heterocycles. The largest absolute Gasteiger partial charge is 0.396 e. The summed E-state index contributed by atoms with van der Waals surface area (Å²) in [6.45, 7) is 2.27. The minimum absolute atomic E-state index is 0.0140. The van der Waals surface area contributed by atoms with E-state index in [-0.39, 0.29) is 24.2 Å². The van der Waals surface area contributed by atoms with E-state index in [4.69, 9.17) is 5.11 Å². The van der Waals surface area contributed by atoms with Crippen LogP contribution in [0.15, 0.2) is 18.2 Å². The quantitative estimate of drug-likeness (QED) is 0.832. The molecule has 3 nitrogen and oxygen atoms in total. The molecule has 0 spiro atoms. The van der Waals surface area contributed by atoms with Crippen molar-refractivity contribution in [2.24, 2.45) is 5.92 Å². The minimum Gasteiger partial charge on any atom is -0.396 e. The second-order valence-electron chi connectivity index (χ2n) is 4.24. The van der Waals surface area contributed by atoms with Gasteiger partial charge in [-0.2, -0.15) is 11.8 Å². The Morgan fingerprint density at radius 1 is 1.56 bits per heavy atom. The van der Waals surface area contributed by atoms with Gasteiger partial charge in [0.05, 0.1) is 0 Å². The van der Waals surface area contributed by atoms with Gasteiger partial charge in [-0.1, -0.05) is 6.92 Å². The Hall–Kier alpha value is -1.07. The predicted molar refractivity (Wildman–Crippen MR) is 72.2 cm³/mol. The maximum Gasteiger partial charge on any atom is 0.251 e. The number of aliphatic hydroxyl groups excluding tert-OH is 1. The molecule has 5 heteroatoms. The molecular formula is C13H18FNO2S. The van der Waals surface area contributed by atoms with E-state index in [2.05, 4.69) is 5.32 Å². The SMILES string of the molecule is CSCc1cc(C(=O)NCC(C)CO)ccc1F. The topological polar surface area (TPSA) is 49.3 Å². The average molecular weight is 271 g/mol. The highest BCUT2D eigenvalue weighted by molar-refractivity contribution is 7.97. The fraction of sp³-hybridized carbons (Fsp3) is 0.462. The van der Waals surface area contributed by atoms with E-state index in [1.807, 2.05) is 13.2 Å². The maximum atomic E-state index is 13.4. The van der Waals surface area contributed by atoms with Crippen LogP contribution in [0.3, 0.4) is 0 Å². The Bertz CT molecular complexity index is 412. The lowest BCUT2D eigenvalue weighted by Crippen LogP contribution is -2.29. The summed E-state index contributed by atoms with van der Waals surface area (Å²) in [7, 11) is 0. The summed E-state index contributed by atoms with van der Waals surface area (Å²) >= 11 is 1.51. The van der Waals surface area contributed by atoms with Crippen molar-refractivity contribution in [3.8, 4) is 0 Å². The Morgan fingerprint density at radius 3 is 2.89 bits per heavy atom. The highest BCUT2D eigenvalue weighted by Gasteiger charge is 2.10. The predicted octanol–water partition coefficient (Wildman–Crippen LogP) is 2.05. The molecule has 0 fully saturated rings. The van der Waals surface area contributed by atoms with Gasteiger partial charge in [-0.15, -0.1) is 0 Å². The first-order valence-electron chi connectivity index (χ1n) is 5.75. The molecule has 1 atom stereocenters. The van der Waals surface area contributed by atoms with Crippen LogP contribution in [0.4, 0.5) is 4.39 Å². The van der Waals surface area contributed by atoms with Gasteiger partial charge in [0.2, 0.25) is 0 Å². The van der Waals surface area contributed by atoms with Crippen LogP contribution in [0, 0.1) is 11.7 Å². The van der Waals surface area contributed by atoms with Crippen molar-refractivity contribution < 1.29 is 14.3 Å². The molecular weight excluding hydrogens is 253 g/mol. The van der Waals surface area contributed by atoms with Gasteiger partial charge in [0.25, 0.3) is 5.91 Å². The number of carbonyl (C=O) groups excluding carboxylic acids is 1. The van der Waals surface area contributed by atoms with Crippen LogP contribution in [-0.4, -0.2) is 30.4 Å². The van der Waals surface area contributed by atoms with E-state index in [1.54, 1.807) is 6.07 Å². The molecule has 100 valence electrons. The summed E-state index contributed by atoms with van der Waals surface area (Å²) in [5, 5.41) is 11.6. The zero-order valence-corrected chi connectivity index (χ0v) is 11.4. The number of hydrogen-bond donors (Lipinski definition) is 2. The van der Waals surface area contributed by atoms with Crippen LogP contribution in [0.25, 0.3) is 0 Å². The lowest BCUT2D eigenvalue weighted by atomic mass is 10.1. The molecule has 0 saturated carbocycles. The van der Waals surface area contributed by atoms with Gasteiger partial charge in [-0.25, -0.2) is 4.39 Å². The Morgan fingerprint density at radius 2 is 2.28 bits per heavy atom. The third-order valence-electron chi connectivity index (χ3n) is 2.53. The number of thioether (sulfide) groups is 1. The third kappa shape index (κ3) is 4.31. The van der Waals surface area contributed by atoms with E-state index in [0.29, 0.717) is 23.4 Å². The highest BCUT2D eigenvalue weighted by Crippen LogP contribution is 2.15. The number of benzene rings is 1. The van der Waals surface area contributed by atoms with Crippen molar-refractivity contribution in [2.75, 3.05) is 19.4 Å². The molecule has 0 bridgehead atoms. The van der Waals surface area contributed by atoms with Crippen LogP contribution in [-0.2, 0) is 5.75 Å². The van der Waals surface area contributed by atoms with Crippen molar-refractivity contribution in [1.29, 1.82) is 0 Å². The van der Waals surface area contributed by atoms with Gasteiger partial charge >= 0.3 is 0 Å². The van der Waals surface area contributed by atoms with Gasteiger partial charge in [0.1, 0.15) is 5.82 Å². The van der Waals surface area contributed by atoms with Crippen LogP contribution >= 0.6 is 11.8 Å². The normalized spacial score (nSPS) is 12.2. The van der Waals surface area contributed by atoms with Gasteiger partial charge < -0.3 is 10.4 Å². The van der Waals surface area contributed by atoms with Gasteiger partial charge in [-0.05, 0) is 35.9 Å². The lowest BCUT2D eigenvalue weighted by Gasteiger charge is -2.10. The van der Waals surface area contributed by atoms with Gasteiger partial charge in [0.15, 0.2) is 0 Å². The fourth-order valence-electron chi connectivity index (χ4n) is 1.42. The summed E-state index contributed by atoms with van der Waals surface area (Å²) in [5.41, 5.74) is 0.982. The second-order valence-corrected chi connectivity index (χ2v) is 5.10. The minimum atomic E-state index is -0.287. The molecule has 0 aliphatic rings. The molecule has 2 N–H and O–H groups in total. The first-order valence-corrected chi connectivity index (χ1v) is 7.14. The maximum absolute atomic E-state index is 13.4. The monoisotopic (exact) mass is 271 g/mol. The molecule has 0 aromatic heterocycles. The molecule has 1 unspecified atom stereocenters. The Labute approximate surface area is 111 Å². The van der Waals surface area contributed by atoms with Gasteiger partial charge in [-0.3, -0.25) is 4.79 Å². The van der Waals surface area contributed by atoms with Crippen molar-refractivity contribution >= 4 is 17.7 Å². The molecule has 1 aromatic carbocycles. The molecule has 0 aliphatic heterocycles. The van der Waals surface area contributed by atoms with E-state index >= 15 is 0 Å². The molecule has 0 radical (unpaired) electrons. The van der Waals surface area contributed by atoms with E-state index < -0.39 is 0 Å². The summed E-state index contributed by atoms with van der Waals surface area (Å²) in [5.74, 6) is 0.0299. The number of amides is 1. The Kier molecular flexibility index (Phi) is 6.15. The van der Waals surface area contributed by atoms with Crippen LogP contribution < -0.4 is 5.32 Å². The number of carbonyl (C=O) groups is 1. The van der Waals surface area contributed by atoms with E-state index in [1.165, 1.54) is 23.9 Å². The molecule has 0 saturated heterocycles. The molecule has 1 amide bonds. The zero-order valence-electron chi connectivity index (χ0n) is 10.6. The number of hydrogen-bond acceptors (Lipinski definition) is 3. The van der Waals surface area contributed by atoms with Crippen molar-refractivity contribution in [2.45, 2.75) is 12.7 Å². The summed E-state index contributed by atoms with van der Waals surface area (Å²) in [4.78, 5) is 11.8. The van der Waals surface area contributed by atoms with E-state index in [9.17, 15) is 9.18 Å². The van der Waals surface area contributed by atoms with Crippen LogP contribution in [0.2, 0.25) is 0 Å². The summed E-state index contributed by atoms with van der Waals surface area (Å²) < 4.78 is 13.4. The third-order valence-corrected chi connectivity index (χ3v) is 3.13. The van der Waals surface area contributed by atoms with Gasteiger partial charge in [0, 0.05) is 24.5 Å². The zero-order chi connectivity index (χ0) is 13.5. The second kappa shape index (κ2) is 7.38. The molecule has 1 aromatic rings. The number of halogens is 1. The number of nitrogens with one attached hydrogen (secondary N) is 1. The highest BCUT2D eigenvalue weighted by atomic mass is 32.2. The first kappa shape index (κ1) is 15.0. The van der Waals surface area contributed by atoms with Crippen LogP contribution in [0.1, 0.15) is 22.8 Å². The molecule has 1 rings (SSSR count). The summed E-state index contributed by atoms with van der Waals surface area (Å²) in [6, 6.07) is 4.36. The average Bonchev–Trinajstić information content (AvgIpc) is 2.38. The first-order chi connectivity index (χ1) is 8.58. The Balaban J connectivity index is 2.71. The smallest absolute Gasteiger partial charge is 0.251 e. The molecule has 0 aliphatic carbocycles. The van der Waals surface area contributed by atoms with E-state index in [0.717, 1.165) is 0 Å². The van der Waals surface area contributed by atoms with Crippen molar-refractivity contribution in [3.63, 3.8) is 0 Å². The number of aliphatic hydroxyl groups is 1. The molecule has 18 heavy (non-hydrogen) atoms. The standard InChI is InChI=1S/C13H18FNO2S/c1-9(7-16)6-15-13(17)10-3-4-12(14)11(5-10)8-18-2/h3-5,9,16H,6-8H2,1-2H3,(H,15,17). The lowest BCUT2D eigenvalue weighted by molar-refractivity contribution is 0.0942. The fourth-order valence-corrected chi connectivity index (χ4v) is 1.95. The van der Waals surface area contributed by atoms with Crippen LogP contribution in [0.5, 0.6) is 0 Å². The van der Waals surface area contributed by atoms with Crippen molar-refractivity contribution in [3.05, 3.63) is 35.1 Å². The summed E-state index contributed by atoms with van der Waals surface area (Å²) in [6.07, 6.45) is 1.88. The number of rotatable bonds is 6. The van der Waals surface area contributed by atoms with Crippen molar-refractivity contribution in [1.82, 2.24) is 5.32 Å².